The zero-order chi connectivity index (χ0) is 31.7. The number of aromatic nitrogens is 1. The molecule has 3 nitrogen and oxygen atoms in total. The highest BCUT2D eigenvalue weighted by Crippen LogP contribution is 2.57. The predicted octanol–water partition coefficient (Wildman–Crippen LogP) is 11.6. The molecule has 0 spiro atoms. The lowest BCUT2D eigenvalue weighted by molar-refractivity contribution is 0.660. The van der Waals surface area contributed by atoms with Gasteiger partial charge in [0.2, 0.25) is 0 Å². The van der Waals surface area contributed by atoms with Crippen LogP contribution in [0, 0.1) is 0 Å². The van der Waals surface area contributed by atoms with Gasteiger partial charge in [-0.1, -0.05) is 117 Å². The summed E-state index contributed by atoms with van der Waals surface area (Å²) < 4.78 is 2.58. The lowest BCUT2D eigenvalue weighted by Crippen LogP contribution is -2.28. The van der Waals surface area contributed by atoms with E-state index in [0.29, 0.717) is 0 Å². The molecule has 48 heavy (non-hydrogen) atoms. The van der Waals surface area contributed by atoms with Crippen LogP contribution in [0.25, 0.3) is 38.6 Å². The number of benzene rings is 6. The fraction of sp³-hybridized carbons (Fsp3) is 0.111. The molecule has 1 aromatic heterocycles. The number of nitrogens with zero attached hydrogens (tertiary/aromatic N) is 3. The Morgan fingerprint density at radius 3 is 2.15 bits per heavy atom. The maximum Gasteiger partial charge on any atom is 0.0783 e. The van der Waals surface area contributed by atoms with E-state index in [2.05, 4.69) is 180 Å². The van der Waals surface area contributed by atoms with Crippen LogP contribution in [0.1, 0.15) is 36.5 Å². The number of rotatable bonds is 2. The summed E-state index contributed by atoms with van der Waals surface area (Å²) in [6.45, 7) is 4.73. The third-order valence-corrected chi connectivity index (χ3v) is 11.4. The first-order chi connectivity index (χ1) is 23.6. The fourth-order valence-corrected chi connectivity index (χ4v) is 9.36. The van der Waals surface area contributed by atoms with E-state index in [1.165, 1.54) is 83.7 Å². The van der Waals surface area contributed by atoms with Gasteiger partial charge in [-0.2, -0.15) is 0 Å². The highest BCUT2D eigenvalue weighted by atomic mass is 15.2. The molecule has 228 valence electrons. The van der Waals surface area contributed by atoms with Crippen LogP contribution in [0.2, 0.25) is 0 Å². The van der Waals surface area contributed by atoms with Crippen LogP contribution in [0.4, 0.5) is 28.4 Å². The van der Waals surface area contributed by atoms with Crippen LogP contribution < -0.4 is 9.80 Å². The highest BCUT2D eigenvalue weighted by molar-refractivity contribution is 6.18. The van der Waals surface area contributed by atoms with Crippen molar-refractivity contribution in [3.63, 3.8) is 0 Å². The van der Waals surface area contributed by atoms with E-state index in [9.17, 15) is 0 Å². The normalized spacial score (nSPS) is 19.0. The zero-order valence-electron chi connectivity index (χ0n) is 26.9. The van der Waals surface area contributed by atoms with Crippen molar-refractivity contribution >= 4 is 50.2 Å². The summed E-state index contributed by atoms with van der Waals surface area (Å²) >= 11 is 0. The molecule has 11 rings (SSSR count). The molecule has 3 heteroatoms. The fourth-order valence-electron chi connectivity index (χ4n) is 9.36. The topological polar surface area (TPSA) is 11.4 Å². The molecule has 0 bridgehead atoms. The van der Waals surface area contributed by atoms with Gasteiger partial charge in [-0.15, -0.1) is 0 Å². The van der Waals surface area contributed by atoms with E-state index in [1.807, 2.05) is 0 Å². The number of allylic oxidation sites excluding steroid dienone is 2. The first-order valence-corrected chi connectivity index (χ1v) is 17.0. The van der Waals surface area contributed by atoms with E-state index in [1.54, 1.807) is 0 Å². The van der Waals surface area contributed by atoms with Gasteiger partial charge in [0.05, 0.1) is 34.1 Å². The maximum absolute atomic E-state index is 2.58. The van der Waals surface area contributed by atoms with Crippen molar-refractivity contribution in [3.8, 4) is 16.8 Å². The summed E-state index contributed by atoms with van der Waals surface area (Å²) in [5, 5.41) is 2.60. The molecule has 2 atom stereocenters. The van der Waals surface area contributed by atoms with Crippen LogP contribution in [0.15, 0.2) is 152 Å². The SMILES string of the molecule is CC1(C)c2ccccc2-c2ccc(N3c4ccccc4-n4c5c3cccc5c3ccc5c(c34)C3C=CC=CC3N5c3ccccc3)cc21. The van der Waals surface area contributed by atoms with Gasteiger partial charge in [0.1, 0.15) is 0 Å². The van der Waals surface area contributed by atoms with Crippen LogP contribution >= 0.6 is 0 Å². The van der Waals surface area contributed by atoms with Gasteiger partial charge < -0.3 is 14.4 Å². The molecule has 2 aliphatic carbocycles. The summed E-state index contributed by atoms with van der Waals surface area (Å²) in [4.78, 5) is 5.04. The zero-order valence-corrected chi connectivity index (χ0v) is 26.9. The minimum Gasteiger partial charge on any atom is -0.333 e. The number of hydrogen-bond acceptors (Lipinski definition) is 2. The standard InChI is InChI=1S/C45H33N3/c1-45(2)35-18-8-6-15-30(35)31-24-23-29(27-36(31)45)47-38-20-10-11-21-39(38)48-43-32(17-12-22-41(43)47)33-25-26-40-42(44(33)48)34-16-7-9-19-37(34)46(40)28-13-4-3-5-14-28/h3-27,34,37H,1-2H3. The Morgan fingerprint density at radius 2 is 1.25 bits per heavy atom. The number of fused-ring (bicyclic) bond motifs is 12. The summed E-state index contributed by atoms with van der Waals surface area (Å²) in [5.41, 5.74) is 16.8. The lowest BCUT2D eigenvalue weighted by atomic mass is 9.82. The molecule has 0 saturated heterocycles. The average molecular weight is 616 g/mol. The summed E-state index contributed by atoms with van der Waals surface area (Å²) in [7, 11) is 0. The van der Waals surface area contributed by atoms with Crippen molar-refractivity contribution in [2.75, 3.05) is 9.80 Å². The predicted molar refractivity (Wildman–Crippen MR) is 200 cm³/mol. The van der Waals surface area contributed by atoms with E-state index >= 15 is 0 Å². The average Bonchev–Trinajstić information content (AvgIpc) is 3.73. The summed E-state index contributed by atoms with van der Waals surface area (Å²) in [6.07, 6.45) is 9.21. The highest BCUT2D eigenvalue weighted by Gasteiger charge is 2.41. The Morgan fingerprint density at radius 1 is 0.521 bits per heavy atom. The molecule has 3 heterocycles. The van der Waals surface area contributed by atoms with Crippen molar-refractivity contribution in [2.45, 2.75) is 31.2 Å². The molecule has 7 aromatic rings. The second-order valence-electron chi connectivity index (χ2n) is 14.1. The van der Waals surface area contributed by atoms with Gasteiger partial charge in [0.25, 0.3) is 0 Å². The molecule has 0 N–H and O–H groups in total. The Labute approximate surface area is 280 Å². The van der Waals surface area contributed by atoms with Crippen molar-refractivity contribution in [3.05, 3.63) is 168 Å². The van der Waals surface area contributed by atoms with Gasteiger partial charge in [0, 0.05) is 44.7 Å². The number of hydrogen-bond donors (Lipinski definition) is 0. The summed E-state index contributed by atoms with van der Waals surface area (Å²) in [5.74, 6) is 0.253. The summed E-state index contributed by atoms with van der Waals surface area (Å²) in [6, 6.07) is 47.7. The van der Waals surface area contributed by atoms with Crippen LogP contribution in [-0.4, -0.2) is 10.6 Å². The van der Waals surface area contributed by atoms with Gasteiger partial charge in [-0.3, -0.25) is 0 Å². The van der Waals surface area contributed by atoms with Gasteiger partial charge in [0.15, 0.2) is 0 Å². The first-order valence-electron chi connectivity index (χ1n) is 17.0. The molecule has 0 radical (unpaired) electrons. The minimum atomic E-state index is -0.0676. The van der Waals surface area contributed by atoms with E-state index in [4.69, 9.17) is 0 Å². The third kappa shape index (κ3) is 3.19. The molecule has 4 aliphatic rings. The van der Waals surface area contributed by atoms with Crippen molar-refractivity contribution in [1.82, 2.24) is 4.57 Å². The van der Waals surface area contributed by atoms with Gasteiger partial charge in [-0.05, 0) is 70.8 Å². The second-order valence-corrected chi connectivity index (χ2v) is 14.1. The van der Waals surface area contributed by atoms with Crippen LogP contribution in [0.5, 0.6) is 0 Å². The van der Waals surface area contributed by atoms with E-state index in [-0.39, 0.29) is 17.4 Å². The Kier molecular flexibility index (Phi) is 5.02. The van der Waals surface area contributed by atoms with Crippen molar-refractivity contribution in [2.24, 2.45) is 0 Å². The van der Waals surface area contributed by atoms with Crippen molar-refractivity contribution in [1.29, 1.82) is 0 Å². The van der Waals surface area contributed by atoms with E-state index in [0.717, 1.165) is 0 Å². The van der Waals surface area contributed by atoms with Gasteiger partial charge in [-0.25, -0.2) is 0 Å². The quantitative estimate of drug-likeness (QED) is 0.192. The molecule has 2 unspecified atom stereocenters. The largest absolute Gasteiger partial charge is 0.333 e. The molecular weight excluding hydrogens is 583 g/mol. The number of para-hydroxylation sites is 4. The van der Waals surface area contributed by atoms with Crippen molar-refractivity contribution < 1.29 is 0 Å². The van der Waals surface area contributed by atoms with E-state index < -0.39 is 0 Å². The molecule has 2 aliphatic heterocycles. The number of anilines is 5. The molecule has 0 amide bonds. The Balaban J connectivity index is 1.20. The van der Waals surface area contributed by atoms with Crippen LogP contribution in [0.3, 0.4) is 0 Å². The molecule has 0 fully saturated rings. The smallest absolute Gasteiger partial charge is 0.0783 e. The third-order valence-electron chi connectivity index (χ3n) is 11.4. The minimum absolute atomic E-state index is 0.0676. The Bertz CT molecular complexity index is 2570. The molecule has 6 aromatic carbocycles. The lowest BCUT2D eigenvalue weighted by Gasteiger charge is -2.34. The maximum atomic E-state index is 2.58. The molecule has 0 saturated carbocycles. The second kappa shape index (κ2) is 9.17. The Hall–Kier alpha value is -5.80. The first kappa shape index (κ1) is 26.3. The monoisotopic (exact) mass is 615 g/mol. The molecular formula is C45H33N3. The van der Waals surface area contributed by atoms with Crippen LogP contribution in [-0.2, 0) is 5.41 Å². The van der Waals surface area contributed by atoms with Gasteiger partial charge >= 0.3 is 0 Å².